The molecule has 2 aliphatic rings. The number of sulfonamides is 1. The molecule has 0 N–H and O–H groups in total. The van der Waals surface area contributed by atoms with E-state index in [1.54, 1.807) is 18.3 Å². The first-order valence-electron chi connectivity index (χ1n) is 9.52. The standard InChI is InChI=1S/C22H20F2N2O3S/c1-2-22(23,24)17-7-11-19(12-8-17)29-18-9-5-16(6-10-18)20-4-3-13-26-14-15-30(27,28)25-21(20)26/h3-13H,2,14-15H2,1H3. The SMILES string of the molecule is CCC(F)(F)c1ccc(Oc2ccc(C3=CC=CN4CCS(=O)(=O)N=C34)cc2)cc1. The highest BCUT2D eigenvalue weighted by molar-refractivity contribution is 7.90. The van der Waals surface area contributed by atoms with Gasteiger partial charge in [-0.3, -0.25) is 0 Å². The van der Waals surface area contributed by atoms with Crippen LogP contribution in [0.3, 0.4) is 0 Å². The molecule has 0 amide bonds. The van der Waals surface area contributed by atoms with Crippen LogP contribution >= 0.6 is 0 Å². The van der Waals surface area contributed by atoms with E-state index in [0.717, 1.165) is 5.56 Å². The predicted molar refractivity (Wildman–Crippen MR) is 112 cm³/mol. The molecule has 0 fully saturated rings. The highest BCUT2D eigenvalue weighted by atomic mass is 32.2. The van der Waals surface area contributed by atoms with Gasteiger partial charge in [0.2, 0.25) is 0 Å². The van der Waals surface area contributed by atoms with Crippen LogP contribution in [-0.2, 0) is 15.9 Å². The quantitative estimate of drug-likeness (QED) is 0.675. The van der Waals surface area contributed by atoms with Crippen LogP contribution in [-0.4, -0.2) is 31.5 Å². The molecule has 2 heterocycles. The van der Waals surface area contributed by atoms with E-state index in [1.165, 1.54) is 31.2 Å². The topological polar surface area (TPSA) is 59.0 Å². The number of hydrogen-bond acceptors (Lipinski definition) is 4. The Hall–Kier alpha value is -3.00. The first kappa shape index (κ1) is 20.3. The number of amidine groups is 1. The van der Waals surface area contributed by atoms with E-state index in [1.807, 2.05) is 29.2 Å². The maximum absolute atomic E-state index is 13.7. The van der Waals surface area contributed by atoms with Crippen molar-refractivity contribution in [1.29, 1.82) is 0 Å². The van der Waals surface area contributed by atoms with Gasteiger partial charge in [-0.1, -0.05) is 19.1 Å². The fourth-order valence-electron chi connectivity index (χ4n) is 3.25. The zero-order chi connectivity index (χ0) is 21.4. The first-order chi connectivity index (χ1) is 14.3. The maximum atomic E-state index is 13.7. The Morgan fingerprint density at radius 2 is 1.70 bits per heavy atom. The molecule has 0 atom stereocenters. The van der Waals surface area contributed by atoms with E-state index in [2.05, 4.69) is 4.40 Å². The van der Waals surface area contributed by atoms with Gasteiger partial charge in [-0.25, -0.2) is 17.2 Å². The van der Waals surface area contributed by atoms with Crippen LogP contribution in [0.1, 0.15) is 24.5 Å². The van der Waals surface area contributed by atoms with Crippen molar-refractivity contribution in [2.24, 2.45) is 4.40 Å². The van der Waals surface area contributed by atoms with Crippen LogP contribution in [0.2, 0.25) is 0 Å². The lowest BCUT2D eigenvalue weighted by atomic mass is 10.0. The van der Waals surface area contributed by atoms with Crippen LogP contribution in [0.15, 0.2) is 71.3 Å². The maximum Gasteiger partial charge on any atom is 0.273 e. The third-order valence-electron chi connectivity index (χ3n) is 4.98. The number of fused-ring (bicyclic) bond motifs is 1. The van der Waals surface area contributed by atoms with Gasteiger partial charge in [0.1, 0.15) is 11.5 Å². The number of halogens is 2. The number of ether oxygens (including phenoxy) is 1. The minimum absolute atomic E-state index is 0.0100. The van der Waals surface area contributed by atoms with Gasteiger partial charge in [0.15, 0.2) is 5.84 Å². The van der Waals surface area contributed by atoms with E-state index < -0.39 is 15.9 Å². The molecule has 4 rings (SSSR count). The molecule has 0 saturated heterocycles. The summed E-state index contributed by atoms with van der Waals surface area (Å²) in [5.74, 6) is -1.47. The Morgan fingerprint density at radius 1 is 1.07 bits per heavy atom. The average Bonchev–Trinajstić information content (AvgIpc) is 2.74. The minimum atomic E-state index is -3.47. The Kier molecular flexibility index (Phi) is 5.19. The second-order valence-electron chi connectivity index (χ2n) is 7.03. The lowest BCUT2D eigenvalue weighted by molar-refractivity contribution is -0.00830. The summed E-state index contributed by atoms with van der Waals surface area (Å²) in [6.45, 7) is 1.81. The average molecular weight is 430 g/mol. The molecule has 0 bridgehead atoms. The molecule has 2 aromatic rings. The van der Waals surface area contributed by atoms with Crippen LogP contribution < -0.4 is 4.74 Å². The molecule has 0 saturated carbocycles. The molecule has 30 heavy (non-hydrogen) atoms. The summed E-state index contributed by atoms with van der Waals surface area (Å²) in [7, 11) is -3.47. The molecular weight excluding hydrogens is 410 g/mol. The van der Waals surface area contributed by atoms with Crippen molar-refractivity contribution in [2.75, 3.05) is 12.3 Å². The predicted octanol–water partition coefficient (Wildman–Crippen LogP) is 4.94. The third kappa shape index (κ3) is 4.14. The molecule has 0 aromatic heterocycles. The number of hydrogen-bond donors (Lipinski definition) is 0. The molecule has 156 valence electrons. The van der Waals surface area contributed by atoms with Crippen molar-refractivity contribution < 1.29 is 21.9 Å². The smallest absolute Gasteiger partial charge is 0.273 e. The number of rotatable bonds is 5. The zero-order valence-electron chi connectivity index (χ0n) is 16.3. The van der Waals surface area contributed by atoms with E-state index in [9.17, 15) is 17.2 Å². The molecule has 5 nitrogen and oxygen atoms in total. The summed E-state index contributed by atoms with van der Waals surface area (Å²) in [6.07, 6.45) is 5.22. The molecule has 8 heteroatoms. The van der Waals surface area contributed by atoms with Gasteiger partial charge in [-0.2, -0.15) is 0 Å². The van der Waals surface area contributed by atoms with Gasteiger partial charge in [-0.05, 0) is 54.1 Å². The van der Waals surface area contributed by atoms with Crippen molar-refractivity contribution in [3.8, 4) is 11.5 Å². The summed E-state index contributed by atoms with van der Waals surface area (Å²) in [4.78, 5) is 1.81. The normalized spacial score (nSPS) is 17.8. The van der Waals surface area contributed by atoms with Gasteiger partial charge >= 0.3 is 0 Å². The van der Waals surface area contributed by atoms with E-state index in [-0.39, 0.29) is 17.7 Å². The van der Waals surface area contributed by atoms with Crippen molar-refractivity contribution >= 4 is 21.4 Å². The monoisotopic (exact) mass is 430 g/mol. The second kappa shape index (κ2) is 7.68. The van der Waals surface area contributed by atoms with Crippen molar-refractivity contribution in [3.05, 3.63) is 78.0 Å². The van der Waals surface area contributed by atoms with Crippen LogP contribution in [0.25, 0.3) is 5.57 Å². The first-order valence-corrected chi connectivity index (χ1v) is 11.1. The van der Waals surface area contributed by atoms with E-state index >= 15 is 0 Å². The van der Waals surface area contributed by atoms with Gasteiger partial charge in [0.25, 0.3) is 15.9 Å². The van der Waals surface area contributed by atoms with Crippen molar-refractivity contribution in [2.45, 2.75) is 19.3 Å². The summed E-state index contributed by atoms with van der Waals surface area (Å²) >= 11 is 0. The summed E-state index contributed by atoms with van der Waals surface area (Å²) in [5.41, 5.74) is 1.46. The minimum Gasteiger partial charge on any atom is -0.457 e. The van der Waals surface area contributed by atoms with Gasteiger partial charge < -0.3 is 9.64 Å². The molecule has 2 aromatic carbocycles. The fourth-order valence-corrected chi connectivity index (χ4v) is 4.24. The summed E-state index contributed by atoms with van der Waals surface area (Å²) in [6, 6.07) is 12.9. The van der Waals surface area contributed by atoms with Gasteiger partial charge in [-0.15, -0.1) is 4.40 Å². The third-order valence-corrected chi connectivity index (χ3v) is 6.13. The van der Waals surface area contributed by atoms with Gasteiger partial charge in [0.05, 0.1) is 5.75 Å². The number of nitrogens with zero attached hydrogens (tertiary/aromatic N) is 2. The Bertz CT molecular complexity index is 1140. The Labute approximate surface area is 174 Å². The second-order valence-corrected chi connectivity index (χ2v) is 8.78. The largest absolute Gasteiger partial charge is 0.457 e. The fraction of sp³-hybridized carbons (Fsp3) is 0.227. The number of benzene rings is 2. The van der Waals surface area contributed by atoms with Crippen LogP contribution in [0.4, 0.5) is 8.78 Å². The van der Waals surface area contributed by atoms with Crippen LogP contribution in [0.5, 0.6) is 11.5 Å². The molecular formula is C22H20F2N2O3S. The highest BCUT2D eigenvalue weighted by Gasteiger charge is 2.29. The summed E-state index contributed by atoms with van der Waals surface area (Å²) < 4.78 is 61.0. The molecule has 0 aliphatic carbocycles. The Morgan fingerprint density at radius 3 is 2.33 bits per heavy atom. The molecule has 2 aliphatic heterocycles. The lowest BCUT2D eigenvalue weighted by Crippen LogP contribution is -2.37. The Balaban J connectivity index is 1.53. The van der Waals surface area contributed by atoms with E-state index in [0.29, 0.717) is 29.5 Å². The summed E-state index contributed by atoms with van der Waals surface area (Å²) in [5, 5.41) is 0. The van der Waals surface area contributed by atoms with Crippen molar-refractivity contribution in [3.63, 3.8) is 0 Å². The molecule has 0 spiro atoms. The van der Waals surface area contributed by atoms with Gasteiger partial charge in [0, 0.05) is 30.3 Å². The zero-order valence-corrected chi connectivity index (χ0v) is 17.1. The van der Waals surface area contributed by atoms with Crippen LogP contribution in [0, 0.1) is 0 Å². The van der Waals surface area contributed by atoms with E-state index in [4.69, 9.17) is 4.74 Å². The number of allylic oxidation sites excluding steroid dienone is 2. The van der Waals surface area contributed by atoms with Crippen molar-refractivity contribution in [1.82, 2.24) is 4.90 Å². The lowest BCUT2D eigenvalue weighted by Gasteiger charge is -2.29. The molecule has 0 unspecified atom stereocenters. The molecule has 0 radical (unpaired) electrons. The highest BCUT2D eigenvalue weighted by Crippen LogP contribution is 2.33. The number of alkyl halides is 2.